The maximum Gasteiger partial charge on any atom is 0.183 e. The molecule has 0 spiro atoms. The molecule has 1 rings (SSSR count). The molecule has 0 heterocycles. The molecular weight excluding hydrogens is 233 g/mol. The van der Waals surface area contributed by atoms with Crippen LogP contribution < -0.4 is 5.73 Å². The maximum atomic E-state index is 13.0. The van der Waals surface area contributed by atoms with Crippen molar-refractivity contribution in [2.24, 2.45) is 0 Å². The molecule has 4 nitrogen and oxygen atoms in total. The summed E-state index contributed by atoms with van der Waals surface area (Å²) in [6.07, 6.45) is 0. The number of methoxy groups -OCH3 is 1. The van der Waals surface area contributed by atoms with Crippen molar-refractivity contribution in [3.05, 3.63) is 24.0 Å². The first-order valence-corrected chi connectivity index (χ1v) is 6.21. The van der Waals surface area contributed by atoms with E-state index in [1.807, 2.05) is 0 Å². The van der Waals surface area contributed by atoms with Crippen LogP contribution in [-0.4, -0.2) is 27.4 Å². The number of rotatable bonds is 4. The van der Waals surface area contributed by atoms with E-state index in [0.717, 1.165) is 12.1 Å². The van der Waals surface area contributed by atoms with Crippen LogP contribution in [0.3, 0.4) is 0 Å². The molecule has 0 aliphatic heterocycles. The van der Waals surface area contributed by atoms with Gasteiger partial charge in [0.15, 0.2) is 9.84 Å². The van der Waals surface area contributed by atoms with E-state index in [4.69, 9.17) is 10.5 Å². The number of benzene rings is 1. The zero-order chi connectivity index (χ0) is 12.3. The van der Waals surface area contributed by atoms with E-state index >= 15 is 0 Å². The number of nitrogen functional groups attached to an aromatic ring is 1. The molecule has 6 heteroatoms. The lowest BCUT2D eigenvalue weighted by Crippen LogP contribution is -2.23. The molecule has 16 heavy (non-hydrogen) atoms. The monoisotopic (exact) mass is 247 g/mol. The lowest BCUT2D eigenvalue weighted by molar-refractivity contribution is 0.200. The average Bonchev–Trinajstić information content (AvgIpc) is 2.16. The SMILES string of the molecule is COCC(C)S(=O)(=O)c1cc(N)cc(F)c1. The highest BCUT2D eigenvalue weighted by Crippen LogP contribution is 2.20. The Kier molecular flexibility index (Phi) is 3.88. The Balaban J connectivity index is 3.16. The summed E-state index contributed by atoms with van der Waals surface area (Å²) in [6, 6.07) is 3.27. The van der Waals surface area contributed by atoms with E-state index in [-0.39, 0.29) is 17.2 Å². The fourth-order valence-electron chi connectivity index (χ4n) is 1.31. The molecule has 0 bridgehead atoms. The van der Waals surface area contributed by atoms with Crippen molar-refractivity contribution in [2.45, 2.75) is 17.1 Å². The van der Waals surface area contributed by atoms with Gasteiger partial charge in [-0.2, -0.15) is 0 Å². The minimum absolute atomic E-state index is 0.0543. The smallest absolute Gasteiger partial charge is 0.183 e. The van der Waals surface area contributed by atoms with Gasteiger partial charge in [0.05, 0.1) is 16.8 Å². The van der Waals surface area contributed by atoms with Gasteiger partial charge in [0.1, 0.15) is 5.82 Å². The summed E-state index contributed by atoms with van der Waals surface area (Å²) in [4.78, 5) is -0.116. The average molecular weight is 247 g/mol. The number of hydrogen-bond donors (Lipinski definition) is 1. The summed E-state index contributed by atoms with van der Waals surface area (Å²) in [5.41, 5.74) is 5.48. The quantitative estimate of drug-likeness (QED) is 0.812. The predicted molar refractivity (Wildman–Crippen MR) is 59.3 cm³/mol. The lowest BCUT2D eigenvalue weighted by atomic mass is 10.3. The first-order chi connectivity index (χ1) is 7.37. The predicted octanol–water partition coefficient (Wildman–Crippen LogP) is 1.22. The van der Waals surface area contributed by atoms with Gasteiger partial charge >= 0.3 is 0 Å². The van der Waals surface area contributed by atoms with Crippen LogP contribution in [-0.2, 0) is 14.6 Å². The maximum absolute atomic E-state index is 13.0. The van der Waals surface area contributed by atoms with Crippen LogP contribution >= 0.6 is 0 Å². The minimum atomic E-state index is -3.59. The van der Waals surface area contributed by atoms with Gasteiger partial charge in [-0.05, 0) is 25.1 Å². The van der Waals surface area contributed by atoms with E-state index in [2.05, 4.69) is 0 Å². The molecule has 0 saturated carbocycles. The number of halogens is 1. The summed E-state index contributed by atoms with van der Waals surface area (Å²) >= 11 is 0. The molecule has 0 aromatic heterocycles. The van der Waals surface area contributed by atoms with E-state index in [0.29, 0.717) is 0 Å². The highest BCUT2D eigenvalue weighted by molar-refractivity contribution is 7.92. The molecule has 0 fully saturated rings. The van der Waals surface area contributed by atoms with Gasteiger partial charge in [-0.1, -0.05) is 0 Å². The van der Waals surface area contributed by atoms with Crippen molar-refractivity contribution in [2.75, 3.05) is 19.5 Å². The molecule has 0 saturated heterocycles. The van der Waals surface area contributed by atoms with Crippen molar-refractivity contribution in [3.63, 3.8) is 0 Å². The second-order valence-corrected chi connectivity index (χ2v) is 5.90. The third-order valence-corrected chi connectivity index (χ3v) is 4.24. The van der Waals surface area contributed by atoms with Crippen LogP contribution in [0.2, 0.25) is 0 Å². The first kappa shape index (κ1) is 12.9. The summed E-state index contributed by atoms with van der Waals surface area (Å²) in [5, 5.41) is -0.737. The third-order valence-electron chi connectivity index (χ3n) is 2.15. The van der Waals surface area contributed by atoms with Crippen molar-refractivity contribution in [1.82, 2.24) is 0 Å². The number of ether oxygens (including phenoxy) is 1. The number of nitrogens with two attached hydrogens (primary N) is 1. The molecular formula is C10H14FNO3S. The van der Waals surface area contributed by atoms with Gasteiger partial charge < -0.3 is 10.5 Å². The molecule has 1 unspecified atom stereocenters. The highest BCUT2D eigenvalue weighted by atomic mass is 32.2. The lowest BCUT2D eigenvalue weighted by Gasteiger charge is -2.12. The molecule has 0 aliphatic carbocycles. The minimum Gasteiger partial charge on any atom is -0.399 e. The molecule has 1 aromatic rings. The molecule has 1 aromatic carbocycles. The van der Waals surface area contributed by atoms with Crippen LogP contribution in [0.15, 0.2) is 23.1 Å². The molecule has 2 N–H and O–H groups in total. The standard InChI is InChI=1S/C10H14FNO3S/c1-7(6-15-2)16(13,14)10-4-8(11)3-9(12)5-10/h3-5,7H,6,12H2,1-2H3. The van der Waals surface area contributed by atoms with Gasteiger partial charge in [-0.15, -0.1) is 0 Å². The Bertz CT molecular complexity index is 453. The molecule has 1 atom stereocenters. The van der Waals surface area contributed by atoms with Crippen molar-refractivity contribution in [3.8, 4) is 0 Å². The normalized spacial score (nSPS) is 13.7. The Morgan fingerprint density at radius 1 is 1.44 bits per heavy atom. The van der Waals surface area contributed by atoms with Gasteiger partial charge in [0, 0.05) is 12.8 Å². The van der Waals surface area contributed by atoms with E-state index in [1.54, 1.807) is 0 Å². The van der Waals surface area contributed by atoms with E-state index in [9.17, 15) is 12.8 Å². The van der Waals surface area contributed by atoms with Crippen molar-refractivity contribution in [1.29, 1.82) is 0 Å². The van der Waals surface area contributed by atoms with Crippen LogP contribution in [0.5, 0.6) is 0 Å². The van der Waals surface area contributed by atoms with Gasteiger partial charge in [-0.25, -0.2) is 12.8 Å². The van der Waals surface area contributed by atoms with Crippen LogP contribution in [0, 0.1) is 5.82 Å². The van der Waals surface area contributed by atoms with Crippen LogP contribution in [0.1, 0.15) is 6.92 Å². The fourth-order valence-corrected chi connectivity index (χ4v) is 2.66. The molecule has 90 valence electrons. The van der Waals surface area contributed by atoms with Crippen LogP contribution in [0.4, 0.5) is 10.1 Å². The summed E-state index contributed by atoms with van der Waals surface area (Å²) in [5.74, 6) is -0.664. The number of anilines is 1. The van der Waals surface area contributed by atoms with Crippen molar-refractivity contribution < 1.29 is 17.5 Å². The highest BCUT2D eigenvalue weighted by Gasteiger charge is 2.24. The van der Waals surface area contributed by atoms with E-state index < -0.39 is 20.9 Å². The Morgan fingerprint density at radius 3 is 2.56 bits per heavy atom. The molecule has 0 aliphatic rings. The second-order valence-electron chi connectivity index (χ2n) is 3.53. The van der Waals surface area contributed by atoms with Crippen molar-refractivity contribution >= 4 is 15.5 Å². The summed E-state index contributed by atoms with van der Waals surface area (Å²) in [6.45, 7) is 1.55. The summed E-state index contributed by atoms with van der Waals surface area (Å²) < 4.78 is 41.6. The van der Waals surface area contributed by atoms with Gasteiger partial charge in [-0.3, -0.25) is 0 Å². The van der Waals surface area contributed by atoms with E-state index in [1.165, 1.54) is 20.1 Å². The van der Waals surface area contributed by atoms with Crippen LogP contribution in [0.25, 0.3) is 0 Å². The zero-order valence-electron chi connectivity index (χ0n) is 9.10. The zero-order valence-corrected chi connectivity index (χ0v) is 9.92. The first-order valence-electron chi connectivity index (χ1n) is 4.67. The van der Waals surface area contributed by atoms with Gasteiger partial charge in [0.25, 0.3) is 0 Å². The Hall–Kier alpha value is -1.14. The Morgan fingerprint density at radius 2 is 2.06 bits per heavy atom. The largest absolute Gasteiger partial charge is 0.399 e. The number of hydrogen-bond acceptors (Lipinski definition) is 4. The van der Waals surface area contributed by atoms with Gasteiger partial charge in [0.2, 0.25) is 0 Å². The molecule has 0 amide bonds. The molecule has 0 radical (unpaired) electrons. The third kappa shape index (κ3) is 2.70. The summed E-state index contributed by atoms with van der Waals surface area (Å²) in [7, 11) is -2.18. The number of sulfone groups is 1. The second kappa shape index (κ2) is 4.80. The topological polar surface area (TPSA) is 69.4 Å². The fraction of sp³-hybridized carbons (Fsp3) is 0.400. The Labute approximate surface area is 94.1 Å².